The van der Waals surface area contributed by atoms with Gasteiger partial charge in [0.25, 0.3) is 0 Å². The molecule has 1 atom stereocenters. The third-order valence-electron chi connectivity index (χ3n) is 1.34. The Morgan fingerprint density at radius 2 is 1.47 bits per heavy atom. The van der Waals surface area contributed by atoms with Gasteiger partial charge in [0.2, 0.25) is 12.0 Å². The molecule has 0 aromatic rings. The summed E-state index contributed by atoms with van der Waals surface area (Å²) < 4.78 is 74.6. The molecule has 3 nitrogen and oxygen atoms in total. The molecule has 0 aliphatic heterocycles. The van der Waals surface area contributed by atoms with Crippen LogP contribution in [-0.4, -0.2) is 30.5 Å². The first-order chi connectivity index (χ1) is 6.46. The van der Waals surface area contributed by atoms with Crippen LogP contribution in [0.1, 0.15) is 6.92 Å². The van der Waals surface area contributed by atoms with Crippen LogP contribution in [0.25, 0.3) is 0 Å². The fraction of sp³-hybridized carbons (Fsp3) is 0.833. The molecule has 0 spiro atoms. The summed E-state index contributed by atoms with van der Waals surface area (Å²) in [5.41, 5.74) is 4.47. The molecule has 1 unspecified atom stereocenters. The summed E-state index contributed by atoms with van der Waals surface area (Å²) in [5.74, 6) is -1.41. The summed E-state index contributed by atoms with van der Waals surface area (Å²) in [7, 11) is 0. The lowest BCUT2D eigenvalue weighted by atomic mass is 10.3. The van der Waals surface area contributed by atoms with Crippen molar-refractivity contribution in [3.05, 3.63) is 0 Å². The molecule has 0 saturated carbocycles. The van der Waals surface area contributed by atoms with Crippen molar-refractivity contribution >= 4 is 5.91 Å². The number of ether oxygens (including phenoxy) is 1. The minimum absolute atomic E-state index is 0.701. The van der Waals surface area contributed by atoms with Crippen LogP contribution in [0.4, 0.5) is 26.3 Å². The molecular formula is C6H7F6NO2. The first-order valence-corrected chi connectivity index (χ1v) is 3.54. The highest BCUT2D eigenvalue weighted by Crippen LogP contribution is 2.36. The first kappa shape index (κ1) is 14.0. The van der Waals surface area contributed by atoms with E-state index in [0.29, 0.717) is 6.92 Å². The summed E-state index contributed by atoms with van der Waals surface area (Å²) in [5, 5.41) is 0. The Hall–Kier alpha value is -0.990. The summed E-state index contributed by atoms with van der Waals surface area (Å²) in [6, 6.07) is 0. The molecule has 0 radical (unpaired) electrons. The van der Waals surface area contributed by atoms with Gasteiger partial charge < -0.3 is 10.5 Å². The van der Waals surface area contributed by atoms with Crippen molar-refractivity contribution in [3.8, 4) is 0 Å². The molecule has 0 rings (SSSR count). The molecule has 90 valence electrons. The zero-order chi connectivity index (χ0) is 12.4. The van der Waals surface area contributed by atoms with Crippen LogP contribution in [0, 0.1) is 0 Å². The highest BCUT2D eigenvalue weighted by atomic mass is 19.4. The Morgan fingerprint density at radius 3 is 1.67 bits per heavy atom. The molecule has 9 heteroatoms. The Morgan fingerprint density at radius 1 is 1.13 bits per heavy atom. The van der Waals surface area contributed by atoms with Gasteiger partial charge in [0, 0.05) is 0 Å². The topological polar surface area (TPSA) is 52.3 Å². The molecule has 0 fully saturated rings. The van der Waals surface area contributed by atoms with Crippen molar-refractivity contribution in [2.45, 2.75) is 31.5 Å². The van der Waals surface area contributed by atoms with Gasteiger partial charge in [0.15, 0.2) is 0 Å². The lowest BCUT2D eigenvalue weighted by molar-refractivity contribution is -0.326. The lowest BCUT2D eigenvalue weighted by Gasteiger charge is -2.25. The van der Waals surface area contributed by atoms with E-state index in [1.807, 2.05) is 0 Å². The lowest BCUT2D eigenvalue weighted by Crippen LogP contribution is -2.48. The number of hydrogen-bond acceptors (Lipinski definition) is 2. The number of primary amides is 1. The second-order valence-electron chi connectivity index (χ2n) is 2.64. The Labute approximate surface area is 80.2 Å². The number of carbonyl (C=O) groups excluding carboxylic acids is 1. The van der Waals surface area contributed by atoms with E-state index in [4.69, 9.17) is 0 Å². The molecule has 15 heavy (non-hydrogen) atoms. The number of nitrogens with two attached hydrogens (primary N) is 1. The maximum atomic E-state index is 11.8. The molecule has 0 aliphatic carbocycles. The van der Waals surface area contributed by atoms with Gasteiger partial charge in [-0.25, -0.2) is 0 Å². The molecule has 0 aromatic carbocycles. The second kappa shape index (κ2) is 4.25. The summed E-state index contributed by atoms with van der Waals surface area (Å²) in [4.78, 5) is 10.3. The number of alkyl halides is 6. The van der Waals surface area contributed by atoms with Crippen molar-refractivity contribution in [1.82, 2.24) is 0 Å². The SMILES string of the molecule is CC(OC(C(F)(F)F)C(F)(F)F)C(N)=O. The van der Waals surface area contributed by atoms with Crippen LogP contribution in [0.3, 0.4) is 0 Å². The average molecular weight is 239 g/mol. The summed E-state index contributed by atoms with van der Waals surface area (Å²) >= 11 is 0. The number of rotatable bonds is 3. The normalized spacial score (nSPS) is 15.5. The van der Waals surface area contributed by atoms with Crippen molar-refractivity contribution in [3.63, 3.8) is 0 Å². The molecule has 2 N–H and O–H groups in total. The number of halogens is 6. The van der Waals surface area contributed by atoms with Crippen LogP contribution in [0.15, 0.2) is 0 Å². The van der Waals surface area contributed by atoms with E-state index in [9.17, 15) is 31.1 Å². The van der Waals surface area contributed by atoms with Crippen LogP contribution >= 0.6 is 0 Å². The Kier molecular flexibility index (Phi) is 3.97. The van der Waals surface area contributed by atoms with Gasteiger partial charge in [-0.05, 0) is 6.92 Å². The minimum Gasteiger partial charge on any atom is -0.367 e. The van der Waals surface area contributed by atoms with Crippen molar-refractivity contribution in [1.29, 1.82) is 0 Å². The smallest absolute Gasteiger partial charge is 0.367 e. The molecule has 0 heterocycles. The van der Waals surface area contributed by atoms with Crippen LogP contribution in [-0.2, 0) is 9.53 Å². The monoisotopic (exact) mass is 239 g/mol. The van der Waals surface area contributed by atoms with Gasteiger partial charge in [0.1, 0.15) is 6.10 Å². The van der Waals surface area contributed by atoms with Gasteiger partial charge >= 0.3 is 12.4 Å². The highest BCUT2D eigenvalue weighted by molar-refractivity contribution is 5.78. The van der Waals surface area contributed by atoms with E-state index in [1.54, 1.807) is 0 Å². The van der Waals surface area contributed by atoms with Crippen LogP contribution in [0.5, 0.6) is 0 Å². The maximum Gasteiger partial charge on any atom is 0.423 e. The number of hydrogen-bond donors (Lipinski definition) is 1. The molecular weight excluding hydrogens is 232 g/mol. The predicted octanol–water partition coefficient (Wildman–Crippen LogP) is 1.37. The minimum atomic E-state index is -5.64. The van der Waals surface area contributed by atoms with E-state index < -0.39 is 30.5 Å². The molecule has 0 bridgehead atoms. The fourth-order valence-electron chi connectivity index (χ4n) is 0.611. The molecule has 0 saturated heterocycles. The highest BCUT2D eigenvalue weighted by Gasteiger charge is 2.58. The largest absolute Gasteiger partial charge is 0.423 e. The standard InChI is InChI=1S/C6H7F6NO2/c1-2(3(13)14)15-4(5(7,8)9)6(10,11)12/h2,4H,1H3,(H2,13,14). The first-order valence-electron chi connectivity index (χ1n) is 3.54. The summed E-state index contributed by atoms with van der Waals surface area (Å²) in [6.07, 6.45) is -17.3. The molecule has 0 aliphatic rings. The van der Waals surface area contributed by atoms with Crippen molar-refractivity contribution in [2.75, 3.05) is 0 Å². The van der Waals surface area contributed by atoms with Gasteiger partial charge in [-0.2, -0.15) is 26.3 Å². The average Bonchev–Trinajstić information content (AvgIpc) is 1.94. The van der Waals surface area contributed by atoms with Gasteiger partial charge in [-0.3, -0.25) is 4.79 Å². The molecule has 1 amide bonds. The maximum absolute atomic E-state index is 11.8. The summed E-state index contributed by atoms with van der Waals surface area (Å²) in [6.45, 7) is 0.701. The zero-order valence-electron chi connectivity index (χ0n) is 7.32. The van der Waals surface area contributed by atoms with Crippen LogP contribution < -0.4 is 5.73 Å². The van der Waals surface area contributed by atoms with E-state index in [2.05, 4.69) is 10.5 Å². The van der Waals surface area contributed by atoms with Crippen LogP contribution in [0.2, 0.25) is 0 Å². The van der Waals surface area contributed by atoms with Gasteiger partial charge in [0.05, 0.1) is 0 Å². The zero-order valence-corrected chi connectivity index (χ0v) is 7.32. The predicted molar refractivity (Wildman–Crippen MR) is 35.6 cm³/mol. The third kappa shape index (κ3) is 4.36. The van der Waals surface area contributed by atoms with E-state index in [1.165, 1.54) is 0 Å². The number of amides is 1. The quantitative estimate of drug-likeness (QED) is 0.756. The van der Waals surface area contributed by atoms with E-state index in [0.717, 1.165) is 0 Å². The van der Waals surface area contributed by atoms with Gasteiger partial charge in [-0.15, -0.1) is 0 Å². The Balaban J connectivity index is 4.77. The third-order valence-corrected chi connectivity index (χ3v) is 1.34. The second-order valence-corrected chi connectivity index (χ2v) is 2.64. The van der Waals surface area contributed by atoms with E-state index >= 15 is 0 Å². The molecule has 0 aromatic heterocycles. The fourth-order valence-corrected chi connectivity index (χ4v) is 0.611. The Bertz CT molecular complexity index is 221. The van der Waals surface area contributed by atoms with Crippen molar-refractivity contribution < 1.29 is 35.9 Å². The van der Waals surface area contributed by atoms with Crippen molar-refractivity contribution in [2.24, 2.45) is 5.73 Å². The van der Waals surface area contributed by atoms with E-state index in [-0.39, 0.29) is 0 Å². The number of carbonyl (C=O) groups is 1. The van der Waals surface area contributed by atoms with Gasteiger partial charge in [-0.1, -0.05) is 0 Å².